The third kappa shape index (κ3) is 3.39. The second kappa shape index (κ2) is 7.23. The smallest absolute Gasteiger partial charge is 0.261 e. The number of carbonyl (C=O) groups is 2. The molecule has 4 rings (SSSR count). The number of nitrogens with one attached hydrogen (secondary N) is 1. The van der Waals surface area contributed by atoms with Gasteiger partial charge in [0.05, 0.1) is 19.1 Å². The highest BCUT2D eigenvalue weighted by molar-refractivity contribution is 7.12. The number of fused-ring (bicyclic) bond motifs is 2. The Labute approximate surface area is 162 Å². The number of thiophene rings is 1. The van der Waals surface area contributed by atoms with E-state index in [-0.39, 0.29) is 23.9 Å². The maximum atomic E-state index is 13.0. The highest BCUT2D eigenvalue weighted by atomic mass is 32.1. The van der Waals surface area contributed by atoms with Gasteiger partial charge in [0.1, 0.15) is 11.5 Å². The molecule has 27 heavy (non-hydrogen) atoms. The van der Waals surface area contributed by atoms with Crippen LogP contribution < -0.4 is 14.8 Å². The van der Waals surface area contributed by atoms with Crippen LogP contribution in [-0.4, -0.2) is 49.6 Å². The zero-order valence-corrected chi connectivity index (χ0v) is 16.1. The SMILES string of the molecule is COc1cc(OC)cc(C(=O)N2CC3CC2CC3NC(=O)c2cccs2)c1. The van der Waals surface area contributed by atoms with Crippen LogP contribution in [0.1, 0.15) is 32.9 Å². The molecule has 0 radical (unpaired) electrons. The van der Waals surface area contributed by atoms with Gasteiger partial charge in [-0.2, -0.15) is 0 Å². The van der Waals surface area contributed by atoms with Gasteiger partial charge in [0.15, 0.2) is 0 Å². The van der Waals surface area contributed by atoms with Crippen LogP contribution in [0.15, 0.2) is 35.7 Å². The number of piperidine rings is 1. The Balaban J connectivity index is 1.43. The summed E-state index contributed by atoms with van der Waals surface area (Å²) in [4.78, 5) is 28.0. The van der Waals surface area contributed by atoms with Crippen molar-refractivity contribution < 1.29 is 19.1 Å². The number of hydrogen-bond acceptors (Lipinski definition) is 5. The van der Waals surface area contributed by atoms with Crippen LogP contribution >= 0.6 is 11.3 Å². The third-order valence-corrected chi connectivity index (χ3v) is 6.33. The molecule has 1 aromatic carbocycles. The molecule has 0 spiro atoms. The summed E-state index contributed by atoms with van der Waals surface area (Å²) >= 11 is 1.44. The maximum absolute atomic E-state index is 13.0. The molecule has 3 atom stereocenters. The van der Waals surface area contributed by atoms with Crippen LogP contribution in [0.2, 0.25) is 0 Å². The van der Waals surface area contributed by atoms with Gasteiger partial charge >= 0.3 is 0 Å². The number of methoxy groups -OCH3 is 2. The second-order valence-electron chi connectivity index (χ2n) is 7.00. The van der Waals surface area contributed by atoms with Crippen LogP contribution in [-0.2, 0) is 0 Å². The molecule has 7 heteroatoms. The van der Waals surface area contributed by atoms with E-state index in [4.69, 9.17) is 9.47 Å². The molecular formula is C20H22N2O4S. The fraction of sp³-hybridized carbons (Fsp3) is 0.400. The number of benzene rings is 1. The number of ether oxygens (including phenoxy) is 2. The topological polar surface area (TPSA) is 67.9 Å². The molecule has 1 N–H and O–H groups in total. The van der Waals surface area contributed by atoms with Gasteiger partial charge in [-0.15, -0.1) is 11.3 Å². The largest absolute Gasteiger partial charge is 0.497 e. The van der Waals surface area contributed by atoms with Crippen LogP contribution in [0.25, 0.3) is 0 Å². The van der Waals surface area contributed by atoms with Gasteiger partial charge in [-0.05, 0) is 42.3 Å². The number of carbonyl (C=O) groups excluding carboxylic acids is 2. The first-order chi connectivity index (χ1) is 13.1. The monoisotopic (exact) mass is 386 g/mol. The summed E-state index contributed by atoms with van der Waals surface area (Å²) in [6.45, 7) is 0.665. The standard InChI is InChI=1S/C20H22N2O4S/c1-25-15-7-12(8-16(10-15)26-2)20(24)22-11-13-6-14(22)9-17(13)21-19(23)18-4-3-5-27-18/h3-5,7-8,10,13-14,17H,6,9,11H2,1-2H3,(H,21,23). The molecule has 2 amide bonds. The molecule has 6 nitrogen and oxygen atoms in total. The lowest BCUT2D eigenvalue weighted by Crippen LogP contribution is -2.47. The van der Waals surface area contributed by atoms with Crippen molar-refractivity contribution >= 4 is 23.2 Å². The normalized spacial score (nSPS) is 23.3. The summed E-state index contributed by atoms with van der Waals surface area (Å²) in [7, 11) is 3.14. The molecule has 2 aliphatic rings. The van der Waals surface area contributed by atoms with Crippen LogP contribution in [0, 0.1) is 5.92 Å². The number of rotatable bonds is 5. The van der Waals surface area contributed by atoms with Gasteiger partial charge < -0.3 is 19.7 Å². The van der Waals surface area contributed by atoms with E-state index < -0.39 is 0 Å². The van der Waals surface area contributed by atoms with Gasteiger partial charge in [0.25, 0.3) is 11.8 Å². The van der Waals surface area contributed by atoms with Gasteiger partial charge in [0, 0.05) is 30.3 Å². The van der Waals surface area contributed by atoms with Crippen molar-refractivity contribution in [2.75, 3.05) is 20.8 Å². The average Bonchev–Trinajstić information content (AvgIpc) is 3.43. The van der Waals surface area contributed by atoms with E-state index in [0.29, 0.717) is 29.5 Å². The molecule has 2 bridgehead atoms. The molecule has 2 aromatic rings. The number of likely N-dealkylation sites (tertiary alicyclic amines) is 1. The van der Waals surface area contributed by atoms with Gasteiger partial charge in [-0.1, -0.05) is 6.07 Å². The number of amides is 2. The molecular weight excluding hydrogens is 364 g/mol. The van der Waals surface area contributed by atoms with Crippen molar-refractivity contribution in [3.63, 3.8) is 0 Å². The minimum atomic E-state index is -0.0158. The Kier molecular flexibility index (Phi) is 4.78. The summed E-state index contributed by atoms with van der Waals surface area (Å²) in [5, 5.41) is 5.04. The number of nitrogens with zero attached hydrogens (tertiary/aromatic N) is 1. The Morgan fingerprint density at radius 3 is 2.44 bits per heavy atom. The highest BCUT2D eigenvalue weighted by Crippen LogP contribution is 2.39. The highest BCUT2D eigenvalue weighted by Gasteiger charge is 2.47. The third-order valence-electron chi connectivity index (χ3n) is 5.46. The summed E-state index contributed by atoms with van der Waals surface area (Å²) in [5.74, 6) is 1.47. The first kappa shape index (κ1) is 17.9. The van der Waals surface area contributed by atoms with Crippen molar-refractivity contribution in [1.29, 1.82) is 0 Å². The number of hydrogen-bond donors (Lipinski definition) is 1. The maximum Gasteiger partial charge on any atom is 0.261 e. The van der Waals surface area contributed by atoms with Crippen molar-refractivity contribution in [2.24, 2.45) is 5.92 Å². The Morgan fingerprint density at radius 2 is 1.89 bits per heavy atom. The molecule has 1 saturated carbocycles. The van der Waals surface area contributed by atoms with Crippen LogP contribution in [0.4, 0.5) is 0 Å². The van der Waals surface area contributed by atoms with Crippen molar-refractivity contribution in [2.45, 2.75) is 24.9 Å². The molecule has 2 heterocycles. The van der Waals surface area contributed by atoms with E-state index in [1.54, 1.807) is 32.4 Å². The van der Waals surface area contributed by atoms with E-state index in [9.17, 15) is 9.59 Å². The average molecular weight is 386 g/mol. The Hall–Kier alpha value is -2.54. The van der Waals surface area contributed by atoms with Crippen molar-refractivity contribution in [1.82, 2.24) is 10.2 Å². The molecule has 2 fully saturated rings. The van der Waals surface area contributed by atoms with E-state index in [0.717, 1.165) is 17.7 Å². The van der Waals surface area contributed by atoms with E-state index in [2.05, 4.69) is 5.32 Å². The fourth-order valence-corrected chi connectivity index (χ4v) is 4.75. The minimum Gasteiger partial charge on any atom is -0.497 e. The zero-order chi connectivity index (χ0) is 19.0. The van der Waals surface area contributed by atoms with E-state index >= 15 is 0 Å². The molecule has 3 unspecified atom stereocenters. The van der Waals surface area contributed by atoms with Crippen LogP contribution in [0.3, 0.4) is 0 Å². The predicted octanol–water partition coefficient (Wildman–Crippen LogP) is 2.80. The summed E-state index contributed by atoms with van der Waals surface area (Å²) in [5.41, 5.74) is 0.568. The van der Waals surface area contributed by atoms with E-state index in [1.165, 1.54) is 11.3 Å². The van der Waals surface area contributed by atoms with Gasteiger partial charge in [0.2, 0.25) is 0 Å². The lowest BCUT2D eigenvalue weighted by atomic mass is 10.0. The predicted molar refractivity (Wildman–Crippen MR) is 103 cm³/mol. The second-order valence-corrected chi connectivity index (χ2v) is 7.95. The first-order valence-electron chi connectivity index (χ1n) is 8.97. The quantitative estimate of drug-likeness (QED) is 0.858. The molecule has 1 aromatic heterocycles. The summed E-state index contributed by atoms with van der Waals surface area (Å²) in [6.07, 6.45) is 1.73. The Bertz CT molecular complexity index is 829. The lowest BCUT2D eigenvalue weighted by molar-refractivity contribution is 0.0679. The fourth-order valence-electron chi connectivity index (χ4n) is 4.12. The van der Waals surface area contributed by atoms with Crippen molar-refractivity contribution in [3.05, 3.63) is 46.2 Å². The molecule has 1 aliphatic heterocycles. The Morgan fingerprint density at radius 1 is 1.15 bits per heavy atom. The molecule has 1 saturated heterocycles. The molecule has 142 valence electrons. The van der Waals surface area contributed by atoms with Gasteiger partial charge in [-0.3, -0.25) is 9.59 Å². The van der Waals surface area contributed by atoms with E-state index in [1.807, 2.05) is 22.4 Å². The summed E-state index contributed by atoms with van der Waals surface area (Å²) < 4.78 is 10.5. The van der Waals surface area contributed by atoms with Crippen molar-refractivity contribution in [3.8, 4) is 11.5 Å². The first-order valence-corrected chi connectivity index (χ1v) is 9.85. The molecule has 1 aliphatic carbocycles. The van der Waals surface area contributed by atoms with Crippen LogP contribution in [0.5, 0.6) is 11.5 Å². The minimum absolute atomic E-state index is 0.0114. The summed E-state index contributed by atoms with van der Waals surface area (Å²) in [6, 6.07) is 9.24. The lowest BCUT2D eigenvalue weighted by Gasteiger charge is -2.32. The van der Waals surface area contributed by atoms with Gasteiger partial charge in [-0.25, -0.2) is 0 Å². The zero-order valence-electron chi connectivity index (χ0n) is 15.3.